The molecule has 1 aromatic heterocycles. The van der Waals surface area contributed by atoms with Crippen molar-refractivity contribution in [2.45, 2.75) is 25.1 Å². The summed E-state index contributed by atoms with van der Waals surface area (Å²) in [7, 11) is -1.91. The molecule has 4 heteroatoms. The lowest BCUT2D eigenvalue weighted by atomic mass is 9.37. The Morgan fingerprint density at radius 1 is 0.605 bits per heavy atom. The SMILES string of the molecule is C=CCCC[Si](Cn1ccnc1)(c1ccccc1)c1ccccc1.c1ccc(B(c2ccccc2)c2ccccc2)cc1. The Labute approximate surface area is 258 Å². The van der Waals surface area contributed by atoms with Crippen molar-refractivity contribution in [3.8, 4) is 0 Å². The van der Waals surface area contributed by atoms with Gasteiger partial charge in [0.1, 0.15) is 8.07 Å². The third-order valence-corrected chi connectivity index (χ3v) is 13.1. The standard InChI is InChI=1S/C21H24N2Si.C18H15B/c1-2-3-10-17-24(19-23-16-15-22-18-23,20-11-6-4-7-12-20)21-13-8-5-9-14-21;1-4-10-16(11-5-1)19(17-12-6-2-7-13-17)18-14-8-3-9-15-18/h2,4-9,11-16,18H,1,3,10,17,19H2;1-15H. The highest BCUT2D eigenvalue weighted by atomic mass is 28.3. The summed E-state index contributed by atoms with van der Waals surface area (Å²) in [5, 5.41) is 2.99. The zero-order chi connectivity index (χ0) is 29.6. The first-order valence-electron chi connectivity index (χ1n) is 15.1. The van der Waals surface area contributed by atoms with Crippen LogP contribution in [0, 0.1) is 0 Å². The van der Waals surface area contributed by atoms with Gasteiger partial charge in [0.15, 0.2) is 0 Å². The number of nitrogens with zero attached hydrogens (tertiary/aromatic N) is 2. The molecule has 0 saturated heterocycles. The molecule has 1 heterocycles. The van der Waals surface area contributed by atoms with E-state index >= 15 is 0 Å². The second kappa shape index (κ2) is 15.5. The molecule has 0 bridgehead atoms. The van der Waals surface area contributed by atoms with Crippen LogP contribution in [0.1, 0.15) is 12.8 Å². The van der Waals surface area contributed by atoms with Crippen LogP contribution in [0.4, 0.5) is 0 Å². The molecule has 0 fully saturated rings. The number of benzene rings is 5. The maximum absolute atomic E-state index is 4.26. The van der Waals surface area contributed by atoms with Crippen molar-refractivity contribution in [3.63, 3.8) is 0 Å². The van der Waals surface area contributed by atoms with Crippen LogP contribution in [0.15, 0.2) is 183 Å². The van der Waals surface area contributed by atoms with Gasteiger partial charge in [-0.1, -0.05) is 191 Å². The Morgan fingerprint density at radius 3 is 1.40 bits per heavy atom. The van der Waals surface area contributed by atoms with Gasteiger partial charge in [0.05, 0.1) is 6.33 Å². The average molecular weight is 575 g/mol. The Bertz CT molecular complexity index is 1480. The molecular weight excluding hydrogens is 535 g/mol. The van der Waals surface area contributed by atoms with E-state index in [1.165, 1.54) is 39.2 Å². The molecule has 0 radical (unpaired) electrons. The first-order valence-corrected chi connectivity index (χ1v) is 17.5. The number of rotatable bonds is 11. The van der Waals surface area contributed by atoms with E-state index in [0.29, 0.717) is 6.71 Å². The Balaban J connectivity index is 0.000000176. The number of unbranched alkanes of at least 4 members (excludes halogenated alkanes) is 1. The second-order valence-corrected chi connectivity index (χ2v) is 15.0. The highest BCUT2D eigenvalue weighted by Crippen LogP contribution is 2.18. The van der Waals surface area contributed by atoms with E-state index < -0.39 is 8.07 Å². The normalized spacial score (nSPS) is 10.8. The molecule has 0 aliphatic heterocycles. The zero-order valence-electron chi connectivity index (χ0n) is 24.8. The van der Waals surface area contributed by atoms with Crippen LogP contribution in [0.25, 0.3) is 0 Å². The van der Waals surface area contributed by atoms with Crippen LogP contribution in [0.2, 0.25) is 6.04 Å². The first-order chi connectivity index (χ1) is 21.3. The van der Waals surface area contributed by atoms with Gasteiger partial charge in [-0.25, -0.2) is 4.98 Å². The van der Waals surface area contributed by atoms with Crippen molar-refractivity contribution in [3.05, 3.63) is 183 Å². The summed E-state index contributed by atoms with van der Waals surface area (Å²) >= 11 is 0. The number of hydrogen-bond donors (Lipinski definition) is 0. The summed E-state index contributed by atoms with van der Waals surface area (Å²) in [5.41, 5.74) is 4.00. The van der Waals surface area contributed by atoms with Crippen LogP contribution < -0.4 is 26.8 Å². The number of aromatic nitrogens is 2. The van der Waals surface area contributed by atoms with Gasteiger partial charge in [0.2, 0.25) is 6.71 Å². The number of hydrogen-bond acceptors (Lipinski definition) is 1. The van der Waals surface area contributed by atoms with Crippen molar-refractivity contribution in [1.82, 2.24) is 9.55 Å². The summed E-state index contributed by atoms with van der Waals surface area (Å²) in [5.74, 6) is 0. The van der Waals surface area contributed by atoms with E-state index in [-0.39, 0.29) is 0 Å². The van der Waals surface area contributed by atoms with Gasteiger partial charge in [-0.3, -0.25) is 0 Å². The maximum Gasteiger partial charge on any atom is 0.241 e. The van der Waals surface area contributed by atoms with Crippen molar-refractivity contribution in [2.75, 3.05) is 0 Å². The van der Waals surface area contributed by atoms with Crippen LogP contribution in [0.3, 0.4) is 0 Å². The first kappa shape index (κ1) is 29.8. The van der Waals surface area contributed by atoms with Gasteiger partial charge in [-0.2, -0.15) is 0 Å². The third-order valence-electron chi connectivity index (χ3n) is 8.07. The Morgan fingerprint density at radius 2 is 1.02 bits per heavy atom. The van der Waals surface area contributed by atoms with Gasteiger partial charge in [-0.15, -0.1) is 6.58 Å². The molecule has 0 atom stereocenters. The molecule has 0 spiro atoms. The fourth-order valence-electron chi connectivity index (χ4n) is 5.99. The lowest BCUT2D eigenvalue weighted by Gasteiger charge is -2.33. The predicted octanol–water partition coefficient (Wildman–Crippen LogP) is 5.85. The quantitative estimate of drug-likeness (QED) is 0.108. The molecular formula is C39H39BN2Si. The lowest BCUT2D eigenvalue weighted by Crippen LogP contribution is -2.61. The van der Waals surface area contributed by atoms with Crippen LogP contribution >= 0.6 is 0 Å². The van der Waals surface area contributed by atoms with Gasteiger partial charge >= 0.3 is 0 Å². The molecule has 0 saturated carbocycles. The summed E-state index contributed by atoms with van der Waals surface area (Å²) in [6.07, 6.45) is 11.2. The van der Waals surface area contributed by atoms with Crippen LogP contribution in [-0.2, 0) is 6.17 Å². The highest BCUT2D eigenvalue weighted by molar-refractivity contribution is 7.01. The van der Waals surface area contributed by atoms with Gasteiger partial charge in [-0.05, 0) is 12.5 Å². The van der Waals surface area contributed by atoms with Crippen LogP contribution in [0.5, 0.6) is 0 Å². The molecule has 6 aromatic rings. The minimum Gasteiger partial charge on any atom is -0.340 e. The molecule has 0 aliphatic carbocycles. The van der Waals surface area contributed by atoms with Gasteiger partial charge in [0, 0.05) is 18.6 Å². The third kappa shape index (κ3) is 7.79. The van der Waals surface area contributed by atoms with Crippen molar-refractivity contribution in [1.29, 1.82) is 0 Å². The van der Waals surface area contributed by atoms with E-state index in [4.69, 9.17) is 0 Å². The van der Waals surface area contributed by atoms with Gasteiger partial charge in [0.25, 0.3) is 0 Å². The van der Waals surface area contributed by atoms with E-state index in [1.807, 2.05) is 18.6 Å². The largest absolute Gasteiger partial charge is 0.340 e. The van der Waals surface area contributed by atoms with Crippen molar-refractivity contribution < 1.29 is 0 Å². The summed E-state index contributed by atoms with van der Waals surface area (Å²) in [6.45, 7) is 4.21. The summed E-state index contributed by atoms with van der Waals surface area (Å²) < 4.78 is 2.25. The monoisotopic (exact) mass is 574 g/mol. The fraction of sp³-hybridized carbons (Fsp3) is 0.103. The molecule has 5 aromatic carbocycles. The molecule has 0 amide bonds. The van der Waals surface area contributed by atoms with E-state index in [1.54, 1.807) is 0 Å². The maximum atomic E-state index is 4.26. The number of allylic oxidation sites excluding steroid dienone is 1. The smallest absolute Gasteiger partial charge is 0.241 e. The van der Waals surface area contributed by atoms with E-state index in [2.05, 4.69) is 174 Å². The zero-order valence-corrected chi connectivity index (χ0v) is 25.8. The number of imidazole rings is 1. The molecule has 43 heavy (non-hydrogen) atoms. The highest BCUT2D eigenvalue weighted by Gasteiger charge is 2.37. The van der Waals surface area contributed by atoms with Gasteiger partial charge < -0.3 is 4.57 Å². The molecule has 0 unspecified atom stereocenters. The lowest BCUT2D eigenvalue weighted by molar-refractivity contribution is 0.834. The molecule has 0 aliphatic rings. The van der Waals surface area contributed by atoms with E-state index in [9.17, 15) is 0 Å². The molecule has 2 nitrogen and oxygen atoms in total. The van der Waals surface area contributed by atoms with Crippen LogP contribution in [-0.4, -0.2) is 24.3 Å². The summed E-state index contributed by atoms with van der Waals surface area (Å²) in [6, 6.07) is 55.4. The van der Waals surface area contributed by atoms with E-state index in [0.717, 1.165) is 12.6 Å². The predicted molar refractivity (Wildman–Crippen MR) is 188 cm³/mol. The average Bonchev–Trinajstić information content (AvgIpc) is 3.60. The topological polar surface area (TPSA) is 17.8 Å². The molecule has 212 valence electrons. The fourth-order valence-corrected chi connectivity index (χ4v) is 10.7. The summed E-state index contributed by atoms with van der Waals surface area (Å²) in [4.78, 5) is 4.26. The van der Waals surface area contributed by atoms with Crippen molar-refractivity contribution in [2.24, 2.45) is 0 Å². The Hall–Kier alpha value is -4.67. The van der Waals surface area contributed by atoms with Crippen molar-refractivity contribution >= 4 is 41.5 Å². The molecule has 0 N–H and O–H groups in total. The molecule has 6 rings (SSSR count). The minimum absolute atomic E-state index is 0.309. The Kier molecular flexibility index (Phi) is 10.8. The second-order valence-electron chi connectivity index (χ2n) is 10.9. The minimum atomic E-state index is -1.91.